The van der Waals surface area contributed by atoms with Crippen LogP contribution >= 0.6 is 0 Å². The fraction of sp³-hybridized carbons (Fsp3) is 0.895. The van der Waals surface area contributed by atoms with E-state index in [4.69, 9.17) is 0 Å². The summed E-state index contributed by atoms with van der Waals surface area (Å²) in [7, 11) is 0. The van der Waals surface area contributed by atoms with E-state index < -0.39 is 0 Å². The molecule has 5 rings (SSSR count). The highest BCUT2D eigenvalue weighted by atomic mass is 16.2. The van der Waals surface area contributed by atoms with Gasteiger partial charge in [-0.25, -0.2) is 0 Å². The third-order valence-corrected chi connectivity index (χ3v) is 7.04. The molecule has 4 nitrogen and oxygen atoms in total. The first-order valence-corrected chi connectivity index (χ1v) is 9.60. The predicted molar refractivity (Wildman–Crippen MR) is 88.7 cm³/mol. The van der Waals surface area contributed by atoms with Gasteiger partial charge in [0.25, 0.3) is 0 Å². The van der Waals surface area contributed by atoms with Gasteiger partial charge in [-0.3, -0.25) is 9.59 Å². The molecule has 2 unspecified atom stereocenters. The summed E-state index contributed by atoms with van der Waals surface area (Å²) in [5, 5.41) is 3.23. The zero-order valence-electron chi connectivity index (χ0n) is 14.5. The quantitative estimate of drug-likeness (QED) is 0.756. The average Bonchev–Trinajstić information content (AvgIpc) is 2.44. The highest BCUT2D eigenvalue weighted by molar-refractivity contribution is 6.35. The molecule has 4 aliphatic carbocycles. The van der Waals surface area contributed by atoms with Crippen LogP contribution in [0.25, 0.3) is 0 Å². The van der Waals surface area contributed by atoms with Gasteiger partial charge in [0.2, 0.25) is 0 Å². The number of carbonyl (C=O) groups is 2. The number of hydrogen-bond acceptors (Lipinski definition) is 2. The lowest BCUT2D eigenvalue weighted by molar-refractivity contribution is -0.152. The average molecular weight is 318 g/mol. The van der Waals surface area contributed by atoms with Gasteiger partial charge in [-0.15, -0.1) is 0 Å². The van der Waals surface area contributed by atoms with Crippen LogP contribution in [0.2, 0.25) is 0 Å². The molecule has 1 aliphatic heterocycles. The van der Waals surface area contributed by atoms with E-state index >= 15 is 0 Å². The van der Waals surface area contributed by atoms with Gasteiger partial charge in [0, 0.05) is 17.6 Å². The number of hydrogen-bond donors (Lipinski definition) is 1. The van der Waals surface area contributed by atoms with Gasteiger partial charge in [-0.1, -0.05) is 0 Å². The van der Waals surface area contributed by atoms with Crippen LogP contribution in [0.3, 0.4) is 0 Å². The Hall–Kier alpha value is -1.06. The molecular formula is C19H30N2O2. The largest absolute Gasteiger partial charge is 0.342 e. The fourth-order valence-electron chi connectivity index (χ4n) is 6.50. The molecule has 5 fully saturated rings. The Morgan fingerprint density at radius 1 is 0.913 bits per heavy atom. The molecule has 4 saturated carbocycles. The smallest absolute Gasteiger partial charge is 0.312 e. The SMILES string of the molecule is CC1CCCC(C)N1C(=O)C(=O)NC12CC3CC(CC(C3)C1)C2. The number of rotatable bonds is 1. The van der Waals surface area contributed by atoms with Gasteiger partial charge < -0.3 is 10.2 Å². The summed E-state index contributed by atoms with van der Waals surface area (Å²) in [5.74, 6) is 1.71. The van der Waals surface area contributed by atoms with Crippen LogP contribution in [0.1, 0.15) is 71.6 Å². The van der Waals surface area contributed by atoms with Crippen LogP contribution in [-0.2, 0) is 9.59 Å². The van der Waals surface area contributed by atoms with E-state index in [0.29, 0.717) is 0 Å². The van der Waals surface area contributed by atoms with Crippen LogP contribution in [0.4, 0.5) is 0 Å². The molecule has 2 atom stereocenters. The number of likely N-dealkylation sites (tertiary alicyclic amines) is 1. The van der Waals surface area contributed by atoms with Crippen molar-refractivity contribution in [2.24, 2.45) is 17.8 Å². The molecule has 0 aromatic heterocycles. The second-order valence-corrected chi connectivity index (χ2v) is 8.99. The summed E-state index contributed by atoms with van der Waals surface area (Å²) in [6, 6.07) is 0.377. The minimum Gasteiger partial charge on any atom is -0.342 e. The molecule has 0 radical (unpaired) electrons. The number of nitrogens with zero attached hydrogens (tertiary/aromatic N) is 1. The lowest BCUT2D eigenvalue weighted by Gasteiger charge is -2.56. The maximum atomic E-state index is 12.8. The molecule has 0 aromatic rings. The van der Waals surface area contributed by atoms with Crippen LogP contribution in [-0.4, -0.2) is 34.3 Å². The summed E-state index contributed by atoms with van der Waals surface area (Å²) < 4.78 is 0. The number of piperidine rings is 1. The number of carbonyl (C=O) groups excluding carboxylic acids is 2. The normalized spacial score (nSPS) is 45.1. The topological polar surface area (TPSA) is 49.4 Å². The molecule has 1 saturated heterocycles. The van der Waals surface area contributed by atoms with Crippen molar-refractivity contribution in [1.29, 1.82) is 0 Å². The van der Waals surface area contributed by atoms with Gasteiger partial charge in [-0.05, 0) is 89.4 Å². The van der Waals surface area contributed by atoms with E-state index in [-0.39, 0.29) is 29.4 Å². The first-order chi connectivity index (χ1) is 11.0. The fourth-order valence-corrected chi connectivity index (χ4v) is 6.50. The highest BCUT2D eigenvalue weighted by Gasteiger charge is 2.52. The second-order valence-electron chi connectivity index (χ2n) is 8.99. The first-order valence-electron chi connectivity index (χ1n) is 9.60. The molecule has 0 aromatic carbocycles. The van der Waals surface area contributed by atoms with Gasteiger partial charge in [0.05, 0.1) is 0 Å². The van der Waals surface area contributed by atoms with Crippen LogP contribution in [0.15, 0.2) is 0 Å². The van der Waals surface area contributed by atoms with Crippen molar-refractivity contribution in [2.45, 2.75) is 89.3 Å². The van der Waals surface area contributed by atoms with Crippen molar-refractivity contribution in [2.75, 3.05) is 0 Å². The molecular weight excluding hydrogens is 288 g/mol. The molecule has 4 heteroatoms. The molecule has 128 valence electrons. The van der Waals surface area contributed by atoms with Gasteiger partial charge in [0.15, 0.2) is 0 Å². The summed E-state index contributed by atoms with van der Waals surface area (Å²) >= 11 is 0. The molecule has 4 bridgehead atoms. The Morgan fingerprint density at radius 3 is 1.87 bits per heavy atom. The zero-order chi connectivity index (χ0) is 16.2. The summed E-state index contributed by atoms with van der Waals surface area (Å²) in [6.07, 6.45) is 10.5. The highest BCUT2D eigenvalue weighted by Crippen LogP contribution is 2.55. The van der Waals surface area contributed by atoms with E-state index in [9.17, 15) is 9.59 Å². The third-order valence-electron chi connectivity index (χ3n) is 7.04. The molecule has 2 amide bonds. The van der Waals surface area contributed by atoms with Crippen molar-refractivity contribution >= 4 is 11.8 Å². The summed E-state index contributed by atoms with van der Waals surface area (Å²) in [5.41, 5.74) is -0.0657. The van der Waals surface area contributed by atoms with Crippen molar-refractivity contribution in [1.82, 2.24) is 10.2 Å². The zero-order valence-corrected chi connectivity index (χ0v) is 14.5. The first kappa shape index (κ1) is 15.5. The third kappa shape index (κ3) is 2.68. The maximum Gasteiger partial charge on any atom is 0.312 e. The van der Waals surface area contributed by atoms with E-state index in [0.717, 1.165) is 56.3 Å². The van der Waals surface area contributed by atoms with E-state index in [2.05, 4.69) is 19.2 Å². The Labute approximate surface area is 139 Å². The Morgan fingerprint density at radius 2 is 1.39 bits per heavy atom. The Kier molecular flexibility index (Phi) is 3.69. The lowest BCUT2D eigenvalue weighted by Crippen LogP contribution is -2.63. The van der Waals surface area contributed by atoms with Crippen LogP contribution in [0.5, 0.6) is 0 Å². The lowest BCUT2D eigenvalue weighted by atomic mass is 9.53. The van der Waals surface area contributed by atoms with Crippen molar-refractivity contribution in [3.05, 3.63) is 0 Å². The van der Waals surface area contributed by atoms with E-state index in [1.807, 2.05) is 4.90 Å². The van der Waals surface area contributed by atoms with Gasteiger partial charge in [-0.2, -0.15) is 0 Å². The summed E-state index contributed by atoms with van der Waals surface area (Å²) in [4.78, 5) is 27.3. The predicted octanol–water partition coefficient (Wildman–Crippen LogP) is 2.86. The summed E-state index contributed by atoms with van der Waals surface area (Å²) in [6.45, 7) is 4.15. The van der Waals surface area contributed by atoms with E-state index in [1.54, 1.807) is 0 Å². The maximum absolute atomic E-state index is 12.8. The van der Waals surface area contributed by atoms with Crippen LogP contribution < -0.4 is 5.32 Å². The molecule has 1 heterocycles. The van der Waals surface area contributed by atoms with Crippen LogP contribution in [0, 0.1) is 17.8 Å². The minimum atomic E-state index is -0.340. The van der Waals surface area contributed by atoms with Crippen molar-refractivity contribution in [3.63, 3.8) is 0 Å². The number of amides is 2. The van der Waals surface area contributed by atoms with Gasteiger partial charge >= 0.3 is 11.8 Å². The molecule has 23 heavy (non-hydrogen) atoms. The molecule has 5 aliphatic rings. The minimum absolute atomic E-state index is 0.0657. The standard InChI is InChI=1S/C19H30N2O2/c1-12-4-3-5-13(2)21(12)18(23)17(22)20-19-9-14-6-15(10-19)8-16(7-14)11-19/h12-16H,3-11H2,1-2H3,(H,20,22). The Balaban J connectivity index is 1.46. The van der Waals surface area contributed by atoms with E-state index in [1.165, 1.54) is 19.3 Å². The van der Waals surface area contributed by atoms with Crippen molar-refractivity contribution < 1.29 is 9.59 Å². The van der Waals surface area contributed by atoms with Gasteiger partial charge in [0.1, 0.15) is 0 Å². The molecule has 1 N–H and O–H groups in total. The monoisotopic (exact) mass is 318 g/mol. The molecule has 0 spiro atoms. The number of nitrogens with one attached hydrogen (secondary N) is 1. The second kappa shape index (κ2) is 5.49. The Bertz CT molecular complexity index is 470. The van der Waals surface area contributed by atoms with Crippen molar-refractivity contribution in [3.8, 4) is 0 Å².